The first kappa shape index (κ1) is 13.8. The normalized spacial score (nSPS) is 20.9. The summed E-state index contributed by atoms with van der Waals surface area (Å²) in [5, 5.41) is 1.08. The van der Waals surface area contributed by atoms with Crippen LogP contribution in [-0.4, -0.2) is 34.9 Å². The number of nitrogens with zero attached hydrogens (tertiary/aromatic N) is 2. The summed E-state index contributed by atoms with van der Waals surface area (Å²) in [5.41, 5.74) is 1.20. The standard InChI is InChI=1S/C14H21BrN2O/c1-18-14-12(5-4-9-16-14)11-17-10-3-2-6-13(17)7-8-15/h4-5,9,13H,2-3,6-8,10-11H2,1H3. The number of rotatable bonds is 5. The predicted molar refractivity (Wildman–Crippen MR) is 77.2 cm³/mol. The van der Waals surface area contributed by atoms with Gasteiger partial charge in [0.25, 0.3) is 0 Å². The van der Waals surface area contributed by atoms with E-state index < -0.39 is 0 Å². The minimum Gasteiger partial charge on any atom is -0.481 e. The van der Waals surface area contributed by atoms with Crippen LogP contribution in [0.5, 0.6) is 5.88 Å². The first-order valence-electron chi connectivity index (χ1n) is 6.63. The van der Waals surface area contributed by atoms with Crippen molar-refractivity contribution >= 4 is 15.9 Å². The number of piperidine rings is 1. The lowest BCUT2D eigenvalue weighted by molar-refractivity contribution is 0.135. The second kappa shape index (κ2) is 7.10. The molecule has 1 aliphatic heterocycles. The molecule has 1 fully saturated rings. The number of pyridine rings is 1. The molecule has 100 valence electrons. The average Bonchev–Trinajstić information content (AvgIpc) is 2.42. The summed E-state index contributed by atoms with van der Waals surface area (Å²) in [5.74, 6) is 0.765. The van der Waals surface area contributed by atoms with E-state index in [0.717, 1.165) is 17.8 Å². The van der Waals surface area contributed by atoms with E-state index in [9.17, 15) is 0 Å². The van der Waals surface area contributed by atoms with E-state index in [1.165, 1.54) is 37.8 Å². The Labute approximate surface area is 118 Å². The van der Waals surface area contributed by atoms with Gasteiger partial charge in [0.2, 0.25) is 5.88 Å². The van der Waals surface area contributed by atoms with Crippen molar-refractivity contribution in [2.24, 2.45) is 0 Å². The number of likely N-dealkylation sites (tertiary alicyclic amines) is 1. The maximum Gasteiger partial charge on any atom is 0.217 e. The Balaban J connectivity index is 2.05. The highest BCUT2D eigenvalue weighted by Crippen LogP contribution is 2.24. The third-order valence-electron chi connectivity index (χ3n) is 3.61. The molecular weight excluding hydrogens is 292 g/mol. The number of aromatic nitrogens is 1. The van der Waals surface area contributed by atoms with E-state index in [-0.39, 0.29) is 0 Å². The van der Waals surface area contributed by atoms with E-state index in [0.29, 0.717) is 6.04 Å². The summed E-state index contributed by atoms with van der Waals surface area (Å²) in [6, 6.07) is 4.80. The van der Waals surface area contributed by atoms with Crippen molar-refractivity contribution < 1.29 is 4.74 Å². The minimum absolute atomic E-state index is 0.697. The van der Waals surface area contributed by atoms with Crippen LogP contribution in [0.3, 0.4) is 0 Å². The van der Waals surface area contributed by atoms with E-state index in [1.807, 2.05) is 6.07 Å². The number of alkyl halides is 1. The molecule has 2 rings (SSSR count). The van der Waals surface area contributed by atoms with Crippen molar-refractivity contribution in [1.82, 2.24) is 9.88 Å². The Bertz CT molecular complexity index is 371. The van der Waals surface area contributed by atoms with Crippen LogP contribution in [0.2, 0.25) is 0 Å². The average molecular weight is 313 g/mol. The summed E-state index contributed by atoms with van der Waals surface area (Å²) >= 11 is 3.56. The molecule has 1 unspecified atom stereocenters. The van der Waals surface area contributed by atoms with Gasteiger partial charge in [-0.3, -0.25) is 4.90 Å². The Hall–Kier alpha value is -0.610. The van der Waals surface area contributed by atoms with Gasteiger partial charge in [0.1, 0.15) is 0 Å². The van der Waals surface area contributed by atoms with E-state index >= 15 is 0 Å². The molecule has 2 heterocycles. The molecule has 0 spiro atoms. The van der Waals surface area contributed by atoms with E-state index in [4.69, 9.17) is 4.74 Å². The van der Waals surface area contributed by atoms with E-state index in [1.54, 1.807) is 13.3 Å². The highest BCUT2D eigenvalue weighted by Gasteiger charge is 2.22. The zero-order chi connectivity index (χ0) is 12.8. The van der Waals surface area contributed by atoms with Crippen LogP contribution < -0.4 is 4.74 Å². The molecule has 18 heavy (non-hydrogen) atoms. The van der Waals surface area contributed by atoms with Crippen LogP contribution in [-0.2, 0) is 6.54 Å². The zero-order valence-corrected chi connectivity index (χ0v) is 12.5. The van der Waals surface area contributed by atoms with Gasteiger partial charge in [0.15, 0.2) is 0 Å². The maximum absolute atomic E-state index is 5.34. The van der Waals surface area contributed by atoms with Gasteiger partial charge < -0.3 is 4.74 Å². The lowest BCUT2D eigenvalue weighted by atomic mass is 9.99. The van der Waals surface area contributed by atoms with Crippen molar-refractivity contribution in [2.45, 2.75) is 38.3 Å². The van der Waals surface area contributed by atoms with Crippen molar-refractivity contribution in [3.8, 4) is 5.88 Å². The Morgan fingerprint density at radius 1 is 1.50 bits per heavy atom. The number of hydrogen-bond acceptors (Lipinski definition) is 3. The molecule has 1 saturated heterocycles. The lowest BCUT2D eigenvalue weighted by Gasteiger charge is -2.35. The summed E-state index contributed by atoms with van der Waals surface area (Å²) < 4.78 is 5.34. The quantitative estimate of drug-likeness (QED) is 0.781. The van der Waals surface area contributed by atoms with Crippen LogP contribution in [0.15, 0.2) is 18.3 Å². The molecule has 0 amide bonds. The molecule has 1 aromatic heterocycles. The molecule has 1 atom stereocenters. The third-order valence-corrected chi connectivity index (χ3v) is 4.07. The summed E-state index contributed by atoms with van der Waals surface area (Å²) in [6.45, 7) is 2.14. The second-order valence-electron chi connectivity index (χ2n) is 4.77. The fraction of sp³-hybridized carbons (Fsp3) is 0.643. The Morgan fingerprint density at radius 2 is 2.39 bits per heavy atom. The molecule has 0 aliphatic carbocycles. The summed E-state index contributed by atoms with van der Waals surface area (Å²) in [7, 11) is 1.69. The molecule has 1 aliphatic rings. The fourth-order valence-corrected chi connectivity index (χ4v) is 3.20. The third kappa shape index (κ3) is 3.45. The monoisotopic (exact) mass is 312 g/mol. The molecule has 3 nitrogen and oxygen atoms in total. The molecule has 0 bridgehead atoms. The highest BCUT2D eigenvalue weighted by molar-refractivity contribution is 9.09. The van der Waals surface area contributed by atoms with Crippen molar-refractivity contribution in [2.75, 3.05) is 19.0 Å². The number of hydrogen-bond donors (Lipinski definition) is 0. The highest BCUT2D eigenvalue weighted by atomic mass is 79.9. The minimum atomic E-state index is 0.697. The van der Waals surface area contributed by atoms with Crippen molar-refractivity contribution in [3.63, 3.8) is 0 Å². The summed E-state index contributed by atoms with van der Waals surface area (Å²) in [4.78, 5) is 6.85. The molecule has 0 radical (unpaired) electrons. The van der Waals surface area contributed by atoms with Crippen molar-refractivity contribution in [3.05, 3.63) is 23.9 Å². The number of methoxy groups -OCH3 is 1. The lowest BCUT2D eigenvalue weighted by Crippen LogP contribution is -2.39. The van der Waals surface area contributed by atoms with Gasteiger partial charge in [-0.2, -0.15) is 0 Å². The summed E-state index contributed by atoms with van der Waals surface area (Å²) in [6.07, 6.45) is 6.99. The Kier molecular flexibility index (Phi) is 5.45. The molecule has 0 N–H and O–H groups in total. The first-order chi connectivity index (χ1) is 8.85. The van der Waals surface area contributed by atoms with Gasteiger partial charge in [0.05, 0.1) is 7.11 Å². The fourth-order valence-electron chi connectivity index (χ4n) is 2.67. The zero-order valence-electron chi connectivity index (χ0n) is 10.9. The molecule has 0 aromatic carbocycles. The van der Waals surface area contributed by atoms with Crippen LogP contribution in [0.25, 0.3) is 0 Å². The van der Waals surface area contributed by atoms with Gasteiger partial charge in [-0.25, -0.2) is 4.98 Å². The van der Waals surface area contributed by atoms with Gasteiger partial charge in [-0.05, 0) is 31.9 Å². The van der Waals surface area contributed by atoms with Gasteiger partial charge >= 0.3 is 0 Å². The van der Waals surface area contributed by atoms with E-state index in [2.05, 4.69) is 31.9 Å². The van der Waals surface area contributed by atoms with Gasteiger partial charge in [0, 0.05) is 29.7 Å². The van der Waals surface area contributed by atoms with Crippen LogP contribution in [0.4, 0.5) is 0 Å². The first-order valence-corrected chi connectivity index (χ1v) is 7.75. The second-order valence-corrected chi connectivity index (χ2v) is 5.56. The number of halogens is 1. The van der Waals surface area contributed by atoms with Crippen molar-refractivity contribution in [1.29, 1.82) is 0 Å². The predicted octanol–water partition coefficient (Wildman–Crippen LogP) is 3.23. The number of ether oxygens (including phenoxy) is 1. The molecular formula is C14H21BrN2O. The SMILES string of the molecule is COc1ncccc1CN1CCCCC1CCBr. The van der Waals surface area contributed by atoms with Gasteiger partial charge in [-0.1, -0.05) is 28.4 Å². The topological polar surface area (TPSA) is 25.4 Å². The maximum atomic E-state index is 5.34. The molecule has 1 aromatic rings. The van der Waals surface area contributed by atoms with Crippen LogP contribution in [0.1, 0.15) is 31.2 Å². The van der Waals surface area contributed by atoms with Gasteiger partial charge in [-0.15, -0.1) is 0 Å². The molecule has 4 heteroatoms. The van der Waals surface area contributed by atoms with Crippen LogP contribution in [0, 0.1) is 0 Å². The smallest absolute Gasteiger partial charge is 0.217 e. The Morgan fingerprint density at radius 3 is 3.17 bits per heavy atom. The van der Waals surface area contributed by atoms with Crippen LogP contribution >= 0.6 is 15.9 Å². The molecule has 0 saturated carbocycles. The largest absolute Gasteiger partial charge is 0.481 e.